The van der Waals surface area contributed by atoms with Crippen molar-refractivity contribution in [3.8, 4) is 16.9 Å². The Morgan fingerprint density at radius 1 is 1.10 bits per heavy atom. The lowest BCUT2D eigenvalue weighted by Gasteiger charge is -2.20. The number of rotatable bonds is 10. The Balaban J connectivity index is 1.50. The second-order valence-corrected chi connectivity index (χ2v) is 10.0. The van der Waals surface area contributed by atoms with Gasteiger partial charge in [-0.05, 0) is 61.6 Å². The molecule has 0 spiro atoms. The standard InChI is InChI=1S/C23H30N2O4S/c1-18-4-2-13-25(18)14-3-15-29-22-11-9-21(10-12-22)20-7-5-19(6-8-20)16-30(27,28)17-23(24)26/h5-12,18H,2-4,13-17H2,1H3,(H2,24,26)/t18-/m1/s1. The van der Waals surface area contributed by atoms with Crippen molar-refractivity contribution in [2.75, 3.05) is 25.4 Å². The first-order chi connectivity index (χ1) is 14.3. The van der Waals surface area contributed by atoms with Gasteiger partial charge < -0.3 is 15.4 Å². The Hall–Kier alpha value is -2.38. The lowest BCUT2D eigenvalue weighted by Crippen LogP contribution is -2.28. The van der Waals surface area contributed by atoms with Crippen LogP contribution in [0.2, 0.25) is 0 Å². The number of carbonyl (C=O) groups excluding carboxylic acids is 1. The van der Waals surface area contributed by atoms with Gasteiger partial charge in [0.2, 0.25) is 5.91 Å². The molecular formula is C23H30N2O4S. The molecule has 3 rings (SSSR count). The number of nitrogens with zero attached hydrogens (tertiary/aromatic N) is 1. The highest BCUT2D eigenvalue weighted by Gasteiger charge is 2.19. The van der Waals surface area contributed by atoms with Crippen LogP contribution in [0.25, 0.3) is 11.1 Å². The Bertz CT molecular complexity index is 940. The van der Waals surface area contributed by atoms with Crippen molar-refractivity contribution in [1.82, 2.24) is 4.90 Å². The van der Waals surface area contributed by atoms with Crippen LogP contribution >= 0.6 is 0 Å². The molecule has 0 aliphatic carbocycles. The molecule has 1 fully saturated rings. The monoisotopic (exact) mass is 430 g/mol. The van der Waals surface area contributed by atoms with E-state index in [4.69, 9.17) is 10.5 Å². The molecule has 1 saturated heterocycles. The quantitative estimate of drug-likeness (QED) is 0.585. The first-order valence-electron chi connectivity index (χ1n) is 10.4. The Kier molecular flexibility index (Phi) is 7.50. The molecule has 1 aliphatic heterocycles. The average molecular weight is 431 g/mol. The summed E-state index contributed by atoms with van der Waals surface area (Å²) in [4.78, 5) is 13.4. The molecule has 0 unspecified atom stereocenters. The third-order valence-corrected chi connectivity index (χ3v) is 6.94. The third kappa shape index (κ3) is 6.57. The van der Waals surface area contributed by atoms with Gasteiger partial charge in [0.05, 0.1) is 12.4 Å². The minimum absolute atomic E-state index is 0.195. The molecule has 0 radical (unpaired) electrons. The normalized spacial score (nSPS) is 17.2. The minimum atomic E-state index is -3.53. The minimum Gasteiger partial charge on any atom is -0.494 e. The molecule has 1 heterocycles. The fourth-order valence-electron chi connectivity index (χ4n) is 3.84. The third-order valence-electron chi connectivity index (χ3n) is 5.44. The van der Waals surface area contributed by atoms with E-state index in [9.17, 15) is 13.2 Å². The summed E-state index contributed by atoms with van der Waals surface area (Å²) in [5.74, 6) is -0.811. The van der Waals surface area contributed by atoms with E-state index in [1.807, 2.05) is 36.4 Å². The second kappa shape index (κ2) is 10.1. The summed E-state index contributed by atoms with van der Waals surface area (Å²) in [5.41, 5.74) is 7.63. The van der Waals surface area contributed by atoms with Gasteiger partial charge in [-0.1, -0.05) is 36.4 Å². The fourth-order valence-corrected chi connectivity index (χ4v) is 5.08. The maximum Gasteiger partial charge on any atom is 0.232 e. The van der Waals surface area contributed by atoms with E-state index in [2.05, 4.69) is 11.8 Å². The van der Waals surface area contributed by atoms with Gasteiger partial charge in [-0.15, -0.1) is 0 Å². The van der Waals surface area contributed by atoms with E-state index >= 15 is 0 Å². The highest BCUT2D eigenvalue weighted by atomic mass is 32.2. The average Bonchev–Trinajstić information content (AvgIpc) is 3.10. The number of hydrogen-bond donors (Lipinski definition) is 1. The number of ether oxygens (including phenoxy) is 1. The fraction of sp³-hybridized carbons (Fsp3) is 0.435. The SMILES string of the molecule is C[C@@H]1CCCN1CCCOc1ccc(-c2ccc(CS(=O)(=O)CC(N)=O)cc2)cc1. The maximum atomic E-state index is 11.9. The molecule has 0 aromatic heterocycles. The zero-order valence-electron chi connectivity index (χ0n) is 17.4. The predicted octanol–water partition coefficient (Wildman–Crippen LogP) is 3.01. The van der Waals surface area contributed by atoms with Crippen LogP contribution in [-0.4, -0.2) is 50.7 Å². The van der Waals surface area contributed by atoms with Crippen LogP contribution in [0.15, 0.2) is 48.5 Å². The van der Waals surface area contributed by atoms with Gasteiger partial charge in [0.25, 0.3) is 0 Å². The van der Waals surface area contributed by atoms with Gasteiger partial charge in [-0.25, -0.2) is 8.42 Å². The van der Waals surface area contributed by atoms with Crippen LogP contribution < -0.4 is 10.5 Å². The van der Waals surface area contributed by atoms with Gasteiger partial charge in [0.15, 0.2) is 9.84 Å². The summed E-state index contributed by atoms with van der Waals surface area (Å²) in [7, 11) is -3.53. The Labute approximate surface area is 178 Å². The van der Waals surface area contributed by atoms with Crippen molar-refractivity contribution in [3.05, 3.63) is 54.1 Å². The summed E-state index contributed by atoms with van der Waals surface area (Å²) in [6.07, 6.45) is 3.62. The topological polar surface area (TPSA) is 89.7 Å². The van der Waals surface area contributed by atoms with Crippen molar-refractivity contribution in [3.63, 3.8) is 0 Å². The number of likely N-dealkylation sites (tertiary alicyclic amines) is 1. The smallest absolute Gasteiger partial charge is 0.232 e. The van der Waals surface area contributed by atoms with Crippen molar-refractivity contribution in [1.29, 1.82) is 0 Å². The molecule has 1 aliphatic rings. The lowest BCUT2D eigenvalue weighted by molar-refractivity contribution is -0.115. The molecule has 162 valence electrons. The molecule has 1 amide bonds. The molecular weight excluding hydrogens is 400 g/mol. The Morgan fingerprint density at radius 3 is 2.30 bits per heavy atom. The van der Waals surface area contributed by atoms with Crippen molar-refractivity contribution in [2.45, 2.75) is 38.0 Å². The van der Waals surface area contributed by atoms with Gasteiger partial charge in [0.1, 0.15) is 11.5 Å². The molecule has 2 N–H and O–H groups in total. The zero-order chi connectivity index (χ0) is 21.6. The van der Waals surface area contributed by atoms with E-state index < -0.39 is 21.5 Å². The number of sulfone groups is 1. The lowest BCUT2D eigenvalue weighted by atomic mass is 10.0. The summed E-state index contributed by atoms with van der Waals surface area (Å²) >= 11 is 0. The molecule has 2 aromatic rings. The largest absolute Gasteiger partial charge is 0.494 e. The molecule has 1 atom stereocenters. The van der Waals surface area contributed by atoms with Crippen LogP contribution in [0.3, 0.4) is 0 Å². The van der Waals surface area contributed by atoms with E-state index in [0.29, 0.717) is 18.2 Å². The summed E-state index contributed by atoms with van der Waals surface area (Å²) in [5, 5.41) is 0. The van der Waals surface area contributed by atoms with E-state index in [0.717, 1.165) is 29.8 Å². The van der Waals surface area contributed by atoms with Crippen LogP contribution in [-0.2, 0) is 20.4 Å². The summed E-state index contributed by atoms with van der Waals surface area (Å²) in [6.45, 7) is 5.28. The van der Waals surface area contributed by atoms with Gasteiger partial charge in [-0.2, -0.15) is 0 Å². The van der Waals surface area contributed by atoms with Crippen LogP contribution in [0.4, 0.5) is 0 Å². The summed E-state index contributed by atoms with van der Waals surface area (Å²) < 4.78 is 29.6. The number of hydrogen-bond acceptors (Lipinski definition) is 5. The maximum absolute atomic E-state index is 11.9. The molecule has 0 bridgehead atoms. The van der Waals surface area contributed by atoms with Gasteiger partial charge >= 0.3 is 0 Å². The van der Waals surface area contributed by atoms with Crippen LogP contribution in [0, 0.1) is 0 Å². The van der Waals surface area contributed by atoms with E-state index in [1.165, 1.54) is 19.4 Å². The first-order valence-corrected chi connectivity index (χ1v) is 12.2. The molecule has 6 nitrogen and oxygen atoms in total. The number of carbonyl (C=O) groups is 1. The van der Waals surface area contributed by atoms with E-state index in [-0.39, 0.29) is 5.75 Å². The molecule has 0 saturated carbocycles. The second-order valence-electron chi connectivity index (χ2n) is 7.95. The van der Waals surface area contributed by atoms with Crippen molar-refractivity contribution < 1.29 is 17.9 Å². The number of nitrogens with two attached hydrogens (primary N) is 1. The van der Waals surface area contributed by atoms with Gasteiger partial charge in [-0.3, -0.25) is 4.79 Å². The van der Waals surface area contributed by atoms with E-state index in [1.54, 1.807) is 12.1 Å². The van der Waals surface area contributed by atoms with Gasteiger partial charge in [0, 0.05) is 12.6 Å². The molecule has 7 heteroatoms. The predicted molar refractivity (Wildman–Crippen MR) is 119 cm³/mol. The summed E-state index contributed by atoms with van der Waals surface area (Å²) in [6, 6.07) is 15.9. The highest BCUT2D eigenvalue weighted by molar-refractivity contribution is 7.91. The van der Waals surface area contributed by atoms with Crippen LogP contribution in [0.1, 0.15) is 31.7 Å². The number of benzene rings is 2. The Morgan fingerprint density at radius 2 is 1.73 bits per heavy atom. The molecule has 2 aromatic carbocycles. The van der Waals surface area contributed by atoms with Crippen molar-refractivity contribution >= 4 is 15.7 Å². The van der Waals surface area contributed by atoms with Crippen LogP contribution in [0.5, 0.6) is 5.75 Å². The number of primary amides is 1. The van der Waals surface area contributed by atoms with Crippen molar-refractivity contribution in [2.24, 2.45) is 5.73 Å². The zero-order valence-corrected chi connectivity index (χ0v) is 18.2. The highest BCUT2D eigenvalue weighted by Crippen LogP contribution is 2.24. The first kappa shape index (κ1) is 22.3. The molecule has 30 heavy (non-hydrogen) atoms. The number of amides is 1.